The molecule has 1 N–H and O–H groups in total. The maximum Gasteiger partial charge on any atom is 0.0345 e. The Kier molecular flexibility index (Phi) is 5.21. The minimum Gasteiger partial charge on any atom is -0.316 e. The van der Waals surface area contributed by atoms with E-state index < -0.39 is 0 Å². The molecule has 0 aliphatic carbocycles. The zero-order valence-electron chi connectivity index (χ0n) is 11.4. The molecule has 18 heavy (non-hydrogen) atoms. The third-order valence-electron chi connectivity index (χ3n) is 3.39. The van der Waals surface area contributed by atoms with Gasteiger partial charge in [0.25, 0.3) is 0 Å². The van der Waals surface area contributed by atoms with Crippen LogP contribution >= 0.6 is 11.3 Å². The summed E-state index contributed by atoms with van der Waals surface area (Å²) in [6.45, 7) is 6.86. The maximum atomic E-state index is 3.50. The minimum absolute atomic E-state index is 0.759. The van der Waals surface area contributed by atoms with E-state index in [0.29, 0.717) is 0 Å². The molecule has 0 saturated heterocycles. The predicted octanol–water partition coefficient (Wildman–Crippen LogP) is 4.47. The Hall–Kier alpha value is -0.860. The molecule has 0 fully saturated rings. The lowest BCUT2D eigenvalue weighted by atomic mass is 10.0. The van der Waals surface area contributed by atoms with Crippen LogP contribution in [0.3, 0.4) is 0 Å². The number of hydrogen-bond donors (Lipinski definition) is 1. The number of hydrogen-bond acceptors (Lipinski definition) is 2. The van der Waals surface area contributed by atoms with Crippen molar-refractivity contribution in [3.63, 3.8) is 0 Å². The van der Waals surface area contributed by atoms with E-state index in [9.17, 15) is 0 Å². The van der Waals surface area contributed by atoms with Gasteiger partial charge in [-0.25, -0.2) is 0 Å². The van der Waals surface area contributed by atoms with Gasteiger partial charge in [0.1, 0.15) is 0 Å². The fourth-order valence-corrected chi connectivity index (χ4v) is 3.25. The van der Waals surface area contributed by atoms with Crippen molar-refractivity contribution in [1.82, 2.24) is 5.32 Å². The highest BCUT2D eigenvalue weighted by Crippen LogP contribution is 2.27. The molecule has 0 radical (unpaired) electrons. The van der Waals surface area contributed by atoms with Gasteiger partial charge >= 0.3 is 0 Å². The van der Waals surface area contributed by atoms with Gasteiger partial charge in [0.2, 0.25) is 0 Å². The molecule has 98 valence electrons. The summed E-state index contributed by atoms with van der Waals surface area (Å²) in [5.41, 5.74) is 1.53. The zero-order valence-corrected chi connectivity index (χ0v) is 12.2. The highest BCUT2D eigenvalue weighted by Gasteiger charge is 2.06. The Morgan fingerprint density at radius 2 is 2.11 bits per heavy atom. The van der Waals surface area contributed by atoms with Crippen molar-refractivity contribution in [2.24, 2.45) is 5.92 Å². The largest absolute Gasteiger partial charge is 0.316 e. The van der Waals surface area contributed by atoms with Crippen LogP contribution in [0.15, 0.2) is 29.6 Å². The Morgan fingerprint density at radius 3 is 2.94 bits per heavy atom. The lowest BCUT2D eigenvalue weighted by molar-refractivity contribution is 0.482. The molecular formula is C16H23NS. The van der Waals surface area contributed by atoms with Crippen molar-refractivity contribution in [3.8, 4) is 0 Å². The Labute approximate surface area is 114 Å². The quantitative estimate of drug-likeness (QED) is 0.725. The zero-order chi connectivity index (χ0) is 12.8. The molecule has 2 heteroatoms. The van der Waals surface area contributed by atoms with E-state index >= 15 is 0 Å². The van der Waals surface area contributed by atoms with E-state index in [0.717, 1.165) is 19.0 Å². The minimum atomic E-state index is 0.759. The number of thiophene rings is 1. The number of fused-ring (bicyclic) bond motifs is 1. The summed E-state index contributed by atoms with van der Waals surface area (Å²) in [5.74, 6) is 0.759. The predicted molar refractivity (Wildman–Crippen MR) is 82.5 cm³/mol. The number of benzene rings is 1. The third kappa shape index (κ3) is 3.56. The topological polar surface area (TPSA) is 12.0 Å². The molecule has 0 aliphatic heterocycles. The van der Waals surface area contributed by atoms with E-state index in [1.54, 1.807) is 0 Å². The molecule has 0 aliphatic rings. The molecule has 2 aromatic rings. The van der Waals surface area contributed by atoms with Gasteiger partial charge in [0.05, 0.1) is 0 Å². The molecule has 1 atom stereocenters. The van der Waals surface area contributed by atoms with Crippen LogP contribution in [0.5, 0.6) is 0 Å². The summed E-state index contributed by atoms with van der Waals surface area (Å²) >= 11 is 1.87. The van der Waals surface area contributed by atoms with Crippen LogP contribution in [-0.4, -0.2) is 13.1 Å². The monoisotopic (exact) mass is 261 g/mol. The van der Waals surface area contributed by atoms with E-state index in [1.165, 1.54) is 34.9 Å². The number of nitrogens with one attached hydrogen (secondary N) is 1. The van der Waals surface area contributed by atoms with Crippen LogP contribution in [0.25, 0.3) is 10.1 Å². The van der Waals surface area contributed by atoms with Gasteiger partial charge in [-0.15, -0.1) is 11.3 Å². The summed E-state index contributed by atoms with van der Waals surface area (Å²) in [7, 11) is 0. The summed E-state index contributed by atoms with van der Waals surface area (Å²) < 4.78 is 1.42. The first-order valence-electron chi connectivity index (χ1n) is 6.97. The van der Waals surface area contributed by atoms with E-state index in [1.807, 2.05) is 11.3 Å². The summed E-state index contributed by atoms with van der Waals surface area (Å²) in [6.07, 6.45) is 3.71. The van der Waals surface area contributed by atoms with Crippen LogP contribution in [0.2, 0.25) is 0 Å². The van der Waals surface area contributed by atoms with E-state index in [-0.39, 0.29) is 0 Å². The number of aryl methyl sites for hydroxylation is 1. The normalized spacial score (nSPS) is 13.0. The Balaban J connectivity index is 1.86. The van der Waals surface area contributed by atoms with Gasteiger partial charge in [-0.05, 0) is 60.7 Å². The van der Waals surface area contributed by atoms with Crippen LogP contribution < -0.4 is 5.32 Å². The van der Waals surface area contributed by atoms with Gasteiger partial charge in [-0.1, -0.05) is 32.0 Å². The average Bonchev–Trinajstić information content (AvgIpc) is 2.80. The molecule has 1 aromatic carbocycles. The first-order chi connectivity index (χ1) is 8.81. The van der Waals surface area contributed by atoms with Crippen molar-refractivity contribution in [1.29, 1.82) is 0 Å². The lowest BCUT2D eigenvalue weighted by Gasteiger charge is -2.11. The van der Waals surface area contributed by atoms with Crippen molar-refractivity contribution >= 4 is 21.4 Å². The summed E-state index contributed by atoms with van der Waals surface area (Å²) in [6, 6.07) is 8.74. The van der Waals surface area contributed by atoms with Gasteiger partial charge < -0.3 is 5.32 Å². The molecule has 0 spiro atoms. The maximum absolute atomic E-state index is 3.50. The second-order valence-electron chi connectivity index (χ2n) is 5.11. The highest BCUT2D eigenvalue weighted by atomic mass is 32.1. The Morgan fingerprint density at radius 1 is 1.28 bits per heavy atom. The average molecular weight is 261 g/mol. The van der Waals surface area contributed by atoms with Crippen molar-refractivity contribution in [2.45, 2.75) is 33.1 Å². The number of rotatable bonds is 7. The molecule has 2 rings (SSSR count). The highest BCUT2D eigenvalue weighted by molar-refractivity contribution is 7.17. The molecule has 1 heterocycles. The smallest absolute Gasteiger partial charge is 0.0345 e. The second kappa shape index (κ2) is 6.91. The third-order valence-corrected chi connectivity index (χ3v) is 4.40. The molecule has 0 amide bonds. The van der Waals surface area contributed by atoms with Gasteiger partial charge in [-0.3, -0.25) is 0 Å². The molecule has 0 bridgehead atoms. The SMILES string of the molecule is CCCNCC(C)CCc1csc2ccccc12. The first-order valence-corrected chi connectivity index (χ1v) is 7.85. The molecule has 0 saturated carbocycles. The van der Waals surface area contributed by atoms with Crippen LogP contribution in [-0.2, 0) is 6.42 Å². The lowest BCUT2D eigenvalue weighted by Crippen LogP contribution is -2.22. The van der Waals surface area contributed by atoms with Crippen molar-refractivity contribution < 1.29 is 0 Å². The first kappa shape index (κ1) is 13.6. The van der Waals surface area contributed by atoms with Gasteiger partial charge in [0, 0.05) is 4.70 Å². The molecule has 1 nitrogen and oxygen atoms in total. The van der Waals surface area contributed by atoms with Crippen LogP contribution in [0, 0.1) is 5.92 Å². The molecule has 1 unspecified atom stereocenters. The van der Waals surface area contributed by atoms with Crippen LogP contribution in [0.1, 0.15) is 32.3 Å². The second-order valence-corrected chi connectivity index (χ2v) is 6.02. The standard InChI is InChI=1S/C16H23NS/c1-3-10-17-11-13(2)8-9-14-12-18-16-7-5-4-6-15(14)16/h4-7,12-13,17H,3,8-11H2,1-2H3. The Bertz CT molecular complexity index is 475. The van der Waals surface area contributed by atoms with E-state index in [4.69, 9.17) is 0 Å². The molecule has 1 aromatic heterocycles. The summed E-state index contributed by atoms with van der Waals surface area (Å²) in [5, 5.41) is 7.29. The molecular weight excluding hydrogens is 238 g/mol. The van der Waals surface area contributed by atoms with Crippen molar-refractivity contribution in [3.05, 3.63) is 35.2 Å². The van der Waals surface area contributed by atoms with Gasteiger partial charge in [0.15, 0.2) is 0 Å². The van der Waals surface area contributed by atoms with Gasteiger partial charge in [-0.2, -0.15) is 0 Å². The van der Waals surface area contributed by atoms with Crippen molar-refractivity contribution in [2.75, 3.05) is 13.1 Å². The fourth-order valence-electron chi connectivity index (χ4n) is 2.26. The van der Waals surface area contributed by atoms with Crippen LogP contribution in [0.4, 0.5) is 0 Å². The fraction of sp³-hybridized carbons (Fsp3) is 0.500. The van der Waals surface area contributed by atoms with E-state index in [2.05, 4.69) is 48.8 Å². The summed E-state index contributed by atoms with van der Waals surface area (Å²) in [4.78, 5) is 0.